The van der Waals surface area contributed by atoms with Crippen LogP contribution in [0.1, 0.15) is 30.9 Å². The molecule has 0 radical (unpaired) electrons. The highest BCUT2D eigenvalue weighted by Crippen LogP contribution is 2.67. The maximum Gasteiger partial charge on any atom is 0.142 e. The van der Waals surface area contributed by atoms with Crippen molar-refractivity contribution in [2.75, 3.05) is 0 Å². The Morgan fingerprint density at radius 2 is 1.52 bits per heavy atom. The molecule has 4 rings (SSSR count). The fraction of sp³-hybridized carbons (Fsp3) is 0.455. The second kappa shape index (κ2) is 6.54. The zero-order chi connectivity index (χ0) is 17.4. The highest BCUT2D eigenvalue weighted by molar-refractivity contribution is 5.24. The van der Waals surface area contributed by atoms with Gasteiger partial charge in [0.2, 0.25) is 0 Å². The highest BCUT2D eigenvalue weighted by atomic mass is 19.1. The third-order valence-electron chi connectivity index (χ3n) is 6.34. The summed E-state index contributed by atoms with van der Waals surface area (Å²) >= 11 is 0. The van der Waals surface area contributed by atoms with E-state index in [0.29, 0.717) is 13.1 Å². The molecule has 0 saturated heterocycles. The molecule has 132 valence electrons. The summed E-state index contributed by atoms with van der Waals surface area (Å²) in [6.07, 6.45) is -0.163. The summed E-state index contributed by atoms with van der Waals surface area (Å²) in [7, 11) is 0. The molecule has 5 atom stereocenters. The monoisotopic (exact) mass is 339 g/mol. The van der Waals surface area contributed by atoms with Crippen LogP contribution >= 0.6 is 0 Å². The molecule has 0 aromatic heterocycles. The summed E-state index contributed by atoms with van der Waals surface area (Å²) in [5.41, 5.74) is 2.19. The van der Waals surface area contributed by atoms with Crippen LogP contribution in [-0.4, -0.2) is 28.3 Å². The van der Waals surface area contributed by atoms with Gasteiger partial charge in [-0.2, -0.15) is 0 Å². The Labute approximate surface area is 149 Å². The fourth-order valence-corrected chi connectivity index (χ4v) is 4.85. The van der Waals surface area contributed by atoms with E-state index in [0.717, 1.165) is 12.8 Å². The van der Waals surface area contributed by atoms with Crippen LogP contribution in [0.4, 0.5) is 4.39 Å². The van der Waals surface area contributed by atoms with Crippen molar-refractivity contribution in [2.45, 2.75) is 51.2 Å². The minimum Gasteiger partial charge on any atom is -0.389 e. The molecule has 0 unspecified atom stereocenters. The maximum atomic E-state index is 15.1. The average molecular weight is 339 g/mol. The van der Waals surface area contributed by atoms with E-state index in [9.17, 15) is 5.11 Å². The smallest absolute Gasteiger partial charge is 0.142 e. The van der Waals surface area contributed by atoms with E-state index in [2.05, 4.69) is 36.1 Å². The van der Waals surface area contributed by atoms with Crippen LogP contribution in [0.2, 0.25) is 0 Å². The average Bonchev–Trinajstić information content (AvgIpc) is 3.33. The van der Waals surface area contributed by atoms with Gasteiger partial charge in [-0.25, -0.2) is 4.39 Å². The minimum absolute atomic E-state index is 0.185. The number of hydrogen-bond donors (Lipinski definition) is 1. The molecule has 2 fully saturated rings. The van der Waals surface area contributed by atoms with Crippen LogP contribution in [0.15, 0.2) is 60.7 Å². The molecule has 0 bridgehead atoms. The van der Waals surface area contributed by atoms with Crippen LogP contribution < -0.4 is 0 Å². The first-order chi connectivity index (χ1) is 12.2. The lowest BCUT2D eigenvalue weighted by atomic mass is 9.97. The fourth-order valence-electron chi connectivity index (χ4n) is 4.85. The molecule has 0 amide bonds. The van der Waals surface area contributed by atoms with E-state index in [1.165, 1.54) is 11.1 Å². The molecule has 0 heterocycles. The van der Waals surface area contributed by atoms with Gasteiger partial charge in [0.1, 0.15) is 6.17 Å². The van der Waals surface area contributed by atoms with Crippen LogP contribution in [0.3, 0.4) is 0 Å². The molecule has 2 saturated carbocycles. The SMILES string of the molecule is CC[C@@]12C[C@@H]1[C@@H](N(Cc1ccccc1)Cc1ccccc1)[C@@H](F)[C@H]2O. The van der Waals surface area contributed by atoms with Gasteiger partial charge in [0.15, 0.2) is 0 Å². The number of aliphatic hydroxyl groups is 1. The molecule has 25 heavy (non-hydrogen) atoms. The summed E-state index contributed by atoms with van der Waals surface area (Å²) in [5, 5.41) is 10.5. The zero-order valence-electron chi connectivity index (χ0n) is 14.7. The van der Waals surface area contributed by atoms with Crippen LogP contribution in [0.5, 0.6) is 0 Å². The second-order valence-corrected chi connectivity index (χ2v) is 7.65. The number of hydrogen-bond acceptors (Lipinski definition) is 2. The topological polar surface area (TPSA) is 23.5 Å². The van der Waals surface area contributed by atoms with Gasteiger partial charge < -0.3 is 5.11 Å². The van der Waals surface area contributed by atoms with Crippen molar-refractivity contribution in [3.05, 3.63) is 71.8 Å². The van der Waals surface area contributed by atoms with Crippen molar-refractivity contribution in [3.63, 3.8) is 0 Å². The van der Waals surface area contributed by atoms with E-state index >= 15 is 4.39 Å². The third kappa shape index (κ3) is 2.90. The predicted octanol–water partition coefficient (Wildman–Crippen LogP) is 4.19. The van der Waals surface area contributed by atoms with Gasteiger partial charge in [-0.15, -0.1) is 0 Å². The van der Waals surface area contributed by atoms with E-state index in [-0.39, 0.29) is 17.4 Å². The molecule has 2 aromatic rings. The Kier molecular flexibility index (Phi) is 4.38. The zero-order valence-corrected chi connectivity index (χ0v) is 14.7. The van der Waals surface area contributed by atoms with E-state index in [1.54, 1.807) is 0 Å². The largest absolute Gasteiger partial charge is 0.389 e. The summed E-state index contributed by atoms with van der Waals surface area (Å²) < 4.78 is 15.1. The van der Waals surface area contributed by atoms with Crippen molar-refractivity contribution in [1.29, 1.82) is 0 Å². The van der Waals surface area contributed by atoms with Crippen molar-refractivity contribution < 1.29 is 9.50 Å². The van der Waals surface area contributed by atoms with Gasteiger partial charge in [-0.3, -0.25) is 4.90 Å². The first-order valence-corrected chi connectivity index (χ1v) is 9.30. The number of fused-ring (bicyclic) bond motifs is 1. The number of alkyl halides is 1. The standard InChI is InChI=1S/C22H26FNO/c1-2-22-13-18(22)20(19(23)21(22)25)24(14-16-9-5-3-6-10-16)15-17-11-7-4-8-12-17/h3-12,18-21,25H,2,13-15H2,1H3/t18-,19-,20-,21-,22-/m1/s1. The Morgan fingerprint density at radius 3 is 1.96 bits per heavy atom. The number of halogens is 1. The van der Waals surface area contributed by atoms with Gasteiger partial charge in [0.25, 0.3) is 0 Å². The molecule has 2 aliphatic carbocycles. The Bertz CT molecular complexity index is 665. The second-order valence-electron chi connectivity index (χ2n) is 7.65. The van der Waals surface area contributed by atoms with Crippen molar-refractivity contribution in [2.24, 2.45) is 11.3 Å². The van der Waals surface area contributed by atoms with Gasteiger partial charge >= 0.3 is 0 Å². The van der Waals surface area contributed by atoms with Crippen molar-refractivity contribution >= 4 is 0 Å². The molecule has 0 spiro atoms. The van der Waals surface area contributed by atoms with Gasteiger partial charge in [-0.05, 0) is 29.9 Å². The van der Waals surface area contributed by atoms with Crippen molar-refractivity contribution in [1.82, 2.24) is 4.90 Å². The Balaban J connectivity index is 1.61. The molecule has 2 nitrogen and oxygen atoms in total. The quantitative estimate of drug-likeness (QED) is 0.853. The molecular formula is C22H26FNO. The van der Waals surface area contributed by atoms with Crippen LogP contribution in [0.25, 0.3) is 0 Å². The third-order valence-corrected chi connectivity index (χ3v) is 6.34. The summed E-state index contributed by atoms with van der Waals surface area (Å²) in [4.78, 5) is 2.24. The number of rotatable bonds is 6. The molecule has 3 heteroatoms. The number of benzene rings is 2. The van der Waals surface area contributed by atoms with Crippen LogP contribution in [0, 0.1) is 11.3 Å². The predicted molar refractivity (Wildman–Crippen MR) is 97.7 cm³/mol. The molecule has 1 N–H and O–H groups in total. The first-order valence-electron chi connectivity index (χ1n) is 9.30. The normalized spacial score (nSPS) is 33.4. The lowest BCUT2D eigenvalue weighted by Gasteiger charge is -2.32. The van der Waals surface area contributed by atoms with Crippen LogP contribution in [-0.2, 0) is 13.1 Å². The Morgan fingerprint density at radius 1 is 1.00 bits per heavy atom. The Hall–Kier alpha value is -1.71. The minimum atomic E-state index is -1.16. The molecular weight excluding hydrogens is 313 g/mol. The summed E-state index contributed by atoms with van der Waals surface area (Å²) in [6, 6.07) is 20.3. The van der Waals surface area contributed by atoms with Gasteiger partial charge in [-0.1, -0.05) is 67.6 Å². The van der Waals surface area contributed by atoms with Gasteiger partial charge in [0.05, 0.1) is 6.10 Å². The van der Waals surface area contributed by atoms with E-state index in [4.69, 9.17) is 0 Å². The van der Waals surface area contributed by atoms with E-state index < -0.39 is 12.3 Å². The lowest BCUT2D eigenvalue weighted by Crippen LogP contribution is -2.43. The molecule has 2 aliphatic rings. The van der Waals surface area contributed by atoms with E-state index in [1.807, 2.05) is 36.4 Å². The molecule has 2 aromatic carbocycles. The number of nitrogens with zero attached hydrogens (tertiary/aromatic N) is 1. The van der Waals surface area contributed by atoms with Gasteiger partial charge in [0, 0.05) is 24.5 Å². The summed E-state index contributed by atoms with van der Waals surface area (Å²) in [6.45, 7) is 3.50. The highest BCUT2D eigenvalue weighted by Gasteiger charge is 2.71. The van der Waals surface area contributed by atoms with Crippen molar-refractivity contribution in [3.8, 4) is 0 Å². The molecule has 0 aliphatic heterocycles. The number of aliphatic hydroxyl groups excluding tert-OH is 1. The first kappa shape index (κ1) is 16.7. The maximum absolute atomic E-state index is 15.1. The summed E-state index contributed by atoms with van der Waals surface area (Å²) in [5.74, 6) is 0.273. The lowest BCUT2D eigenvalue weighted by molar-refractivity contribution is 0.00783.